The lowest BCUT2D eigenvalue weighted by atomic mass is 9.85. The van der Waals surface area contributed by atoms with E-state index in [0.29, 0.717) is 21.9 Å². The van der Waals surface area contributed by atoms with Crippen LogP contribution in [0, 0.1) is 0 Å². The summed E-state index contributed by atoms with van der Waals surface area (Å²) >= 11 is 0. The molecule has 1 aromatic heterocycles. The lowest BCUT2D eigenvalue weighted by molar-refractivity contribution is 0.669. The zero-order valence-corrected chi connectivity index (χ0v) is 25.4. The summed E-state index contributed by atoms with van der Waals surface area (Å²) in [4.78, 5) is 0. The maximum atomic E-state index is 9.84. The van der Waals surface area contributed by atoms with Crippen LogP contribution in [0.3, 0.4) is 0 Å². The van der Waals surface area contributed by atoms with Crippen molar-refractivity contribution in [2.75, 3.05) is 0 Å². The van der Waals surface area contributed by atoms with Crippen molar-refractivity contribution in [2.45, 2.75) is 0 Å². The first-order valence-electron chi connectivity index (χ1n) is 23.9. The Bertz CT molecular complexity index is 3750. The minimum Gasteiger partial charge on any atom is -0.456 e. The van der Waals surface area contributed by atoms with Crippen LogP contribution in [0.4, 0.5) is 0 Å². The van der Waals surface area contributed by atoms with Gasteiger partial charge < -0.3 is 4.42 Å². The first kappa shape index (κ1) is 15.6. The highest BCUT2D eigenvalue weighted by atomic mass is 16.3. The molecule has 1 nitrogen and oxygen atoms in total. The highest BCUT2D eigenvalue weighted by Gasteiger charge is 2.17. The molecule has 0 spiro atoms. The topological polar surface area (TPSA) is 13.1 Å². The van der Waals surface area contributed by atoms with E-state index >= 15 is 0 Å². The third-order valence-corrected chi connectivity index (χ3v) is 8.84. The van der Waals surface area contributed by atoms with E-state index in [2.05, 4.69) is 6.07 Å². The summed E-state index contributed by atoms with van der Waals surface area (Å²) in [7, 11) is 0. The van der Waals surface area contributed by atoms with Crippen LogP contribution in [0.2, 0.25) is 0 Å². The summed E-state index contributed by atoms with van der Waals surface area (Å²) in [5.41, 5.74) is 0.831. The van der Waals surface area contributed by atoms with E-state index in [4.69, 9.17) is 18.1 Å². The molecule has 10 aromatic rings. The van der Waals surface area contributed by atoms with Gasteiger partial charge in [0.2, 0.25) is 0 Å². The zero-order valence-electron chi connectivity index (χ0n) is 42.4. The summed E-state index contributed by atoms with van der Waals surface area (Å²) in [6.45, 7) is 0. The Morgan fingerprint density at radius 1 is 0.347 bits per heavy atom. The Balaban J connectivity index is 1.33. The molecular formula is C48H30O. The third kappa shape index (κ3) is 4.55. The van der Waals surface area contributed by atoms with Gasteiger partial charge in [-0.1, -0.05) is 145 Å². The molecule has 0 N–H and O–H groups in total. The summed E-state index contributed by atoms with van der Waals surface area (Å²) in [5, 5.41) is 1.41. The molecular weight excluding hydrogens is 593 g/mol. The number of furan rings is 1. The van der Waals surface area contributed by atoms with Crippen LogP contribution in [0.15, 0.2) is 186 Å². The molecule has 1 heteroatoms. The Kier molecular flexibility index (Phi) is 3.54. The van der Waals surface area contributed by atoms with Gasteiger partial charge in [-0.2, -0.15) is 0 Å². The SMILES string of the molecule is [2H]c1c([2H])c([2H])c(-c2c3c([2H])c([2H])c([2H])c([2H])c3c(-c3c([2H])c([2H])c([2H])c(-c4ccc5oc6ccc(-c7ccc8ccccc8c7)cc6c5c4)c3[2H])c3c([2H])c([2H])c([2H])c([2H])c23)c([2H])c1[2H]. The van der Waals surface area contributed by atoms with Crippen molar-refractivity contribution in [2.24, 2.45) is 0 Å². The highest BCUT2D eigenvalue weighted by molar-refractivity contribution is 6.21. The summed E-state index contributed by atoms with van der Waals surface area (Å²) in [5.74, 6) is 0. The fourth-order valence-electron chi connectivity index (χ4n) is 6.59. The molecule has 0 fully saturated rings. The van der Waals surface area contributed by atoms with E-state index in [9.17, 15) is 9.60 Å². The Morgan fingerprint density at radius 2 is 0.837 bits per heavy atom. The van der Waals surface area contributed by atoms with Crippen molar-refractivity contribution in [1.82, 2.24) is 0 Å². The molecule has 0 bridgehead atoms. The lowest BCUT2D eigenvalue weighted by Gasteiger charge is -2.18. The van der Waals surface area contributed by atoms with Crippen LogP contribution in [0.5, 0.6) is 0 Å². The first-order chi connectivity index (χ1) is 31.3. The fraction of sp³-hybridized carbons (Fsp3) is 0. The Morgan fingerprint density at radius 3 is 1.49 bits per heavy atom. The predicted octanol–water partition coefficient (Wildman–Crippen LogP) is 13.7. The van der Waals surface area contributed by atoms with Crippen molar-refractivity contribution in [1.29, 1.82) is 0 Å². The van der Waals surface area contributed by atoms with E-state index in [1.54, 1.807) is 18.2 Å². The molecule has 49 heavy (non-hydrogen) atoms. The van der Waals surface area contributed by atoms with Crippen molar-refractivity contribution in [3.05, 3.63) is 182 Å². The average molecular weight is 640 g/mol. The standard InChI is InChI=1S/C48H30O/c1-2-12-32(13-3-1)47-39-17-6-8-19-41(39)48(42-20-9-7-18-40(42)47)38-16-10-15-34(28-38)36-23-25-45-43(29-36)44-30-37(24-26-46(44)49-45)35-22-21-31-11-4-5-14-33(31)27-35/h1-30H/i1D,2D,3D,6D,7D,8D,9D,10D,12D,13D,15D,16D,17D,18D,19D,20D,28D. The van der Waals surface area contributed by atoms with Crippen LogP contribution in [0.1, 0.15) is 23.3 Å². The third-order valence-electron chi connectivity index (χ3n) is 8.84. The Labute approximate surface area is 308 Å². The molecule has 0 aliphatic rings. The molecule has 0 saturated carbocycles. The summed E-state index contributed by atoms with van der Waals surface area (Å²) in [6.07, 6.45) is 0. The number of fused-ring (bicyclic) bond motifs is 6. The quantitative estimate of drug-likeness (QED) is 0.175. The zero-order chi connectivity index (χ0) is 47.1. The molecule has 10 rings (SSSR count). The number of hydrogen-bond acceptors (Lipinski definition) is 1. The smallest absolute Gasteiger partial charge is 0.135 e. The van der Waals surface area contributed by atoms with Gasteiger partial charge in [0, 0.05) is 10.8 Å². The molecule has 0 amide bonds. The van der Waals surface area contributed by atoms with E-state index < -0.39 is 147 Å². The largest absolute Gasteiger partial charge is 0.456 e. The second-order valence-corrected chi connectivity index (χ2v) is 11.6. The minimum absolute atomic E-state index is 0.175. The molecule has 0 saturated heterocycles. The Hall–Kier alpha value is -6.44. The van der Waals surface area contributed by atoms with Gasteiger partial charge in [0.05, 0.1) is 23.3 Å². The van der Waals surface area contributed by atoms with Gasteiger partial charge in [0.25, 0.3) is 0 Å². The molecule has 1 heterocycles. The molecule has 0 unspecified atom stereocenters. The average Bonchev–Trinajstić information content (AvgIpc) is 3.68. The maximum Gasteiger partial charge on any atom is 0.135 e. The highest BCUT2D eigenvalue weighted by Crippen LogP contribution is 2.44. The lowest BCUT2D eigenvalue weighted by Crippen LogP contribution is -1.91. The molecule has 0 radical (unpaired) electrons. The van der Waals surface area contributed by atoms with Gasteiger partial charge in [-0.05, 0) is 113 Å². The molecule has 9 aromatic carbocycles. The van der Waals surface area contributed by atoms with Crippen LogP contribution in [-0.4, -0.2) is 0 Å². The summed E-state index contributed by atoms with van der Waals surface area (Å²) < 4.78 is 159. The molecule has 0 aliphatic carbocycles. The molecule has 228 valence electrons. The molecule has 0 atom stereocenters. The maximum absolute atomic E-state index is 9.84. The number of rotatable bonds is 4. The van der Waals surface area contributed by atoms with Crippen molar-refractivity contribution in [3.8, 4) is 44.5 Å². The van der Waals surface area contributed by atoms with Gasteiger partial charge in [0.1, 0.15) is 11.2 Å². The van der Waals surface area contributed by atoms with Gasteiger partial charge in [-0.15, -0.1) is 0 Å². The monoisotopic (exact) mass is 639 g/mol. The van der Waals surface area contributed by atoms with E-state index in [1.165, 1.54) is 0 Å². The van der Waals surface area contributed by atoms with Gasteiger partial charge in [-0.25, -0.2) is 0 Å². The predicted molar refractivity (Wildman–Crippen MR) is 208 cm³/mol. The number of benzene rings is 9. The minimum atomic E-state index is -0.822. The van der Waals surface area contributed by atoms with Crippen molar-refractivity contribution < 1.29 is 27.7 Å². The van der Waals surface area contributed by atoms with Gasteiger partial charge in [0.15, 0.2) is 0 Å². The molecule has 0 aliphatic heterocycles. The fourth-order valence-corrected chi connectivity index (χ4v) is 6.59. The van der Waals surface area contributed by atoms with Crippen LogP contribution in [0.25, 0.3) is 98.8 Å². The van der Waals surface area contributed by atoms with E-state index in [1.807, 2.05) is 54.6 Å². The van der Waals surface area contributed by atoms with E-state index in [-0.39, 0.29) is 11.1 Å². The second kappa shape index (κ2) is 11.1. The van der Waals surface area contributed by atoms with Crippen LogP contribution < -0.4 is 0 Å². The van der Waals surface area contributed by atoms with Crippen LogP contribution >= 0.6 is 0 Å². The first-order valence-corrected chi connectivity index (χ1v) is 15.4. The second-order valence-electron chi connectivity index (χ2n) is 11.6. The number of hydrogen-bond donors (Lipinski definition) is 0. The van der Waals surface area contributed by atoms with Crippen LogP contribution in [-0.2, 0) is 0 Å². The van der Waals surface area contributed by atoms with Gasteiger partial charge in [-0.3, -0.25) is 0 Å². The summed E-state index contributed by atoms with van der Waals surface area (Å²) in [6, 6.07) is 11.6. The van der Waals surface area contributed by atoms with Crippen molar-refractivity contribution in [3.63, 3.8) is 0 Å². The van der Waals surface area contributed by atoms with Gasteiger partial charge >= 0.3 is 0 Å². The van der Waals surface area contributed by atoms with E-state index in [0.717, 1.165) is 21.9 Å². The normalized spacial score (nSPS) is 16.5. The van der Waals surface area contributed by atoms with Crippen molar-refractivity contribution >= 4 is 54.3 Å².